The lowest BCUT2D eigenvalue weighted by Gasteiger charge is -2.01. The van der Waals surface area contributed by atoms with Crippen LogP contribution in [0.2, 0.25) is 0 Å². The second-order valence-electron chi connectivity index (χ2n) is 2.86. The van der Waals surface area contributed by atoms with Gasteiger partial charge in [0, 0.05) is 0 Å². The number of benzene rings is 1. The van der Waals surface area contributed by atoms with E-state index in [-0.39, 0.29) is 5.71 Å². The normalized spacial score (nSPS) is 8.41. The van der Waals surface area contributed by atoms with E-state index in [0.29, 0.717) is 11.3 Å². The van der Waals surface area contributed by atoms with Crippen LogP contribution in [0.1, 0.15) is 10.4 Å². The topological polar surface area (TPSA) is 98.3 Å². The van der Waals surface area contributed by atoms with Crippen LogP contribution in [0.4, 0.5) is 5.69 Å². The summed E-state index contributed by atoms with van der Waals surface area (Å²) in [5.41, 5.74) is 3.21. The van der Waals surface area contributed by atoms with Crippen molar-refractivity contribution >= 4 is 17.4 Å². The Labute approximate surface area is 97.7 Å². The molecule has 17 heavy (non-hydrogen) atoms. The van der Waals surface area contributed by atoms with Crippen LogP contribution in [0.25, 0.3) is 0 Å². The van der Waals surface area contributed by atoms with Crippen molar-refractivity contribution in [2.24, 2.45) is 5.10 Å². The van der Waals surface area contributed by atoms with E-state index in [4.69, 9.17) is 10.5 Å². The molecule has 0 heterocycles. The van der Waals surface area contributed by atoms with Gasteiger partial charge in [0.1, 0.15) is 12.1 Å². The van der Waals surface area contributed by atoms with Crippen LogP contribution in [-0.2, 0) is 4.74 Å². The largest absolute Gasteiger partial charge is 0.465 e. The Kier molecular flexibility index (Phi) is 4.23. The molecule has 0 saturated carbocycles. The molecule has 1 N–H and O–H groups in total. The molecule has 6 nitrogen and oxygen atoms in total. The number of hydrogen-bond acceptors (Lipinski definition) is 6. The highest BCUT2D eigenvalue weighted by atomic mass is 16.5. The molecule has 1 aromatic rings. The van der Waals surface area contributed by atoms with Gasteiger partial charge in [-0.05, 0) is 24.3 Å². The molecule has 0 bridgehead atoms. The Morgan fingerprint density at radius 2 is 1.88 bits per heavy atom. The number of hydrogen-bond donors (Lipinski definition) is 1. The highest BCUT2D eigenvalue weighted by Gasteiger charge is 2.03. The van der Waals surface area contributed by atoms with Crippen molar-refractivity contribution in [3.8, 4) is 12.1 Å². The number of rotatable bonds is 3. The summed E-state index contributed by atoms with van der Waals surface area (Å²) in [6, 6.07) is 9.48. The maximum absolute atomic E-state index is 11.1. The lowest BCUT2D eigenvalue weighted by molar-refractivity contribution is 0.0601. The Hall–Kier alpha value is -2.86. The number of esters is 1. The second-order valence-corrected chi connectivity index (χ2v) is 2.86. The Morgan fingerprint density at radius 1 is 1.29 bits per heavy atom. The van der Waals surface area contributed by atoms with E-state index in [9.17, 15) is 4.79 Å². The minimum absolute atomic E-state index is 0.276. The summed E-state index contributed by atoms with van der Waals surface area (Å²) in [7, 11) is 1.30. The van der Waals surface area contributed by atoms with E-state index < -0.39 is 5.97 Å². The van der Waals surface area contributed by atoms with Crippen LogP contribution in [-0.4, -0.2) is 18.8 Å². The average Bonchev–Trinajstić information content (AvgIpc) is 2.39. The van der Waals surface area contributed by atoms with Gasteiger partial charge >= 0.3 is 5.97 Å². The molecule has 1 aromatic carbocycles. The molecule has 1 rings (SSSR count). The SMILES string of the molecule is COC(=O)c1ccc(NN=C(C#N)C#N)cc1. The number of nitrogens with one attached hydrogen (secondary N) is 1. The molecule has 0 saturated heterocycles. The van der Waals surface area contributed by atoms with Gasteiger partial charge in [0.05, 0.1) is 18.4 Å². The van der Waals surface area contributed by atoms with E-state index in [2.05, 4.69) is 15.3 Å². The summed E-state index contributed by atoms with van der Waals surface area (Å²) in [6.45, 7) is 0. The van der Waals surface area contributed by atoms with Crippen molar-refractivity contribution in [1.29, 1.82) is 10.5 Å². The molecule has 0 unspecified atom stereocenters. The first-order chi connectivity index (χ1) is 8.21. The number of ether oxygens (including phenoxy) is 1. The molecular weight excluding hydrogens is 220 g/mol. The van der Waals surface area contributed by atoms with Crippen LogP contribution in [0.15, 0.2) is 29.4 Å². The van der Waals surface area contributed by atoms with Crippen LogP contribution >= 0.6 is 0 Å². The van der Waals surface area contributed by atoms with Gasteiger partial charge in [-0.1, -0.05) is 0 Å². The van der Waals surface area contributed by atoms with Gasteiger partial charge in [0.25, 0.3) is 0 Å². The predicted molar refractivity (Wildman–Crippen MR) is 60.1 cm³/mol. The minimum Gasteiger partial charge on any atom is -0.465 e. The molecule has 0 aromatic heterocycles. The minimum atomic E-state index is -0.435. The molecule has 0 aliphatic heterocycles. The van der Waals surface area contributed by atoms with E-state index in [1.807, 2.05) is 0 Å². The maximum atomic E-state index is 11.1. The Balaban J connectivity index is 2.77. The molecule has 0 fully saturated rings. The molecule has 0 atom stereocenters. The zero-order chi connectivity index (χ0) is 12.7. The molecule has 0 spiro atoms. The second kappa shape index (κ2) is 5.89. The third-order valence-electron chi connectivity index (χ3n) is 1.81. The van der Waals surface area contributed by atoms with Crippen LogP contribution in [0.5, 0.6) is 0 Å². The summed E-state index contributed by atoms with van der Waals surface area (Å²) in [5.74, 6) is -0.435. The molecule has 0 aliphatic rings. The third kappa shape index (κ3) is 3.33. The number of nitrogens with zero attached hydrogens (tertiary/aromatic N) is 3. The van der Waals surface area contributed by atoms with E-state index >= 15 is 0 Å². The predicted octanol–water partition coefficient (Wildman–Crippen LogP) is 1.29. The van der Waals surface area contributed by atoms with Crippen molar-refractivity contribution < 1.29 is 9.53 Å². The van der Waals surface area contributed by atoms with Gasteiger partial charge in [0.2, 0.25) is 5.71 Å². The first-order valence-corrected chi connectivity index (χ1v) is 4.53. The van der Waals surface area contributed by atoms with Gasteiger partial charge in [0.15, 0.2) is 0 Å². The summed E-state index contributed by atoms with van der Waals surface area (Å²) in [5, 5.41) is 20.5. The highest BCUT2D eigenvalue weighted by Crippen LogP contribution is 2.10. The molecule has 84 valence electrons. The summed E-state index contributed by atoms with van der Waals surface area (Å²) < 4.78 is 4.54. The number of anilines is 1. The van der Waals surface area contributed by atoms with Gasteiger partial charge in [-0.3, -0.25) is 5.43 Å². The number of methoxy groups -OCH3 is 1. The van der Waals surface area contributed by atoms with Gasteiger partial charge < -0.3 is 4.74 Å². The summed E-state index contributed by atoms with van der Waals surface area (Å²) in [6.07, 6.45) is 0. The average molecular weight is 228 g/mol. The standard InChI is InChI=1S/C11H8N4O2/c1-17-11(16)8-2-4-9(5-3-8)14-15-10(6-12)7-13/h2-5,14H,1H3. The number of nitriles is 2. The van der Waals surface area contributed by atoms with Crippen molar-refractivity contribution in [2.75, 3.05) is 12.5 Å². The molecular formula is C11H8N4O2. The van der Waals surface area contributed by atoms with Gasteiger partial charge in [-0.2, -0.15) is 15.6 Å². The van der Waals surface area contributed by atoms with Gasteiger partial charge in [-0.25, -0.2) is 4.79 Å². The van der Waals surface area contributed by atoms with Crippen molar-refractivity contribution in [2.45, 2.75) is 0 Å². The third-order valence-corrected chi connectivity index (χ3v) is 1.81. The van der Waals surface area contributed by atoms with Crippen molar-refractivity contribution in [3.05, 3.63) is 29.8 Å². The number of hydrazone groups is 1. The fraction of sp³-hybridized carbons (Fsp3) is 0.0909. The summed E-state index contributed by atoms with van der Waals surface area (Å²) >= 11 is 0. The van der Waals surface area contributed by atoms with Crippen LogP contribution in [0.3, 0.4) is 0 Å². The highest BCUT2D eigenvalue weighted by molar-refractivity contribution is 6.10. The van der Waals surface area contributed by atoms with E-state index in [1.54, 1.807) is 36.4 Å². The van der Waals surface area contributed by atoms with Crippen molar-refractivity contribution in [1.82, 2.24) is 0 Å². The Morgan fingerprint density at radius 3 is 2.35 bits per heavy atom. The fourth-order valence-electron chi connectivity index (χ4n) is 0.994. The Bertz CT molecular complexity index is 504. The summed E-state index contributed by atoms with van der Waals surface area (Å²) in [4.78, 5) is 11.1. The molecule has 6 heteroatoms. The number of carbonyl (C=O) groups is 1. The van der Waals surface area contributed by atoms with Crippen LogP contribution < -0.4 is 5.43 Å². The smallest absolute Gasteiger partial charge is 0.337 e. The zero-order valence-corrected chi connectivity index (χ0v) is 8.97. The quantitative estimate of drug-likeness (QED) is 0.477. The molecule has 0 aliphatic carbocycles. The fourth-order valence-corrected chi connectivity index (χ4v) is 0.994. The maximum Gasteiger partial charge on any atom is 0.337 e. The molecule has 0 radical (unpaired) electrons. The monoisotopic (exact) mass is 228 g/mol. The van der Waals surface area contributed by atoms with Gasteiger partial charge in [-0.15, -0.1) is 0 Å². The lowest BCUT2D eigenvalue weighted by atomic mass is 10.2. The molecule has 0 amide bonds. The first-order valence-electron chi connectivity index (χ1n) is 4.53. The zero-order valence-electron chi connectivity index (χ0n) is 8.97. The number of carbonyl (C=O) groups excluding carboxylic acids is 1. The van der Waals surface area contributed by atoms with Crippen LogP contribution in [0, 0.1) is 22.7 Å². The van der Waals surface area contributed by atoms with E-state index in [1.165, 1.54) is 7.11 Å². The first kappa shape index (κ1) is 12.2. The van der Waals surface area contributed by atoms with E-state index in [0.717, 1.165) is 0 Å². The van der Waals surface area contributed by atoms with Crippen molar-refractivity contribution in [3.63, 3.8) is 0 Å². The lowest BCUT2D eigenvalue weighted by Crippen LogP contribution is -2.01.